The molecule has 5 nitrogen and oxygen atoms in total. The van der Waals surface area contributed by atoms with Crippen molar-refractivity contribution in [2.45, 2.75) is 58.4 Å². The number of hydrogen-bond donors (Lipinski definition) is 2. The average molecular weight is 338 g/mol. The van der Waals surface area contributed by atoms with E-state index in [4.69, 9.17) is 0 Å². The zero-order valence-corrected chi connectivity index (χ0v) is 15.0. The summed E-state index contributed by atoms with van der Waals surface area (Å²) in [4.78, 5) is 20.5. The quantitative estimate of drug-likeness (QED) is 0.601. The van der Waals surface area contributed by atoms with Gasteiger partial charge in [0.2, 0.25) is 5.95 Å². The van der Waals surface area contributed by atoms with Gasteiger partial charge < -0.3 is 10.6 Å². The van der Waals surface area contributed by atoms with E-state index in [1.54, 1.807) is 6.92 Å². The van der Waals surface area contributed by atoms with Crippen LogP contribution in [0.15, 0.2) is 30.3 Å². The van der Waals surface area contributed by atoms with Gasteiger partial charge >= 0.3 is 0 Å². The van der Waals surface area contributed by atoms with Gasteiger partial charge in [-0.25, -0.2) is 4.98 Å². The van der Waals surface area contributed by atoms with Gasteiger partial charge in [0.1, 0.15) is 5.82 Å². The SMILES string of the molecule is CC(=O)c1ccc(Nc2cc(C)nc(NC3CCCCCC3)n2)cc1. The molecule has 0 spiro atoms. The maximum absolute atomic E-state index is 11.4. The molecule has 0 radical (unpaired) electrons. The number of carbonyl (C=O) groups is 1. The van der Waals surface area contributed by atoms with Crippen LogP contribution in [0.2, 0.25) is 0 Å². The molecule has 0 aliphatic heterocycles. The van der Waals surface area contributed by atoms with Gasteiger partial charge in [-0.15, -0.1) is 0 Å². The number of aromatic nitrogens is 2. The van der Waals surface area contributed by atoms with Crippen LogP contribution in [0.5, 0.6) is 0 Å². The summed E-state index contributed by atoms with van der Waals surface area (Å²) in [6, 6.07) is 9.83. The fourth-order valence-electron chi connectivity index (χ4n) is 3.24. The van der Waals surface area contributed by atoms with E-state index in [0.29, 0.717) is 17.6 Å². The molecule has 1 aromatic heterocycles. The predicted octanol–water partition coefficient (Wildman–Crippen LogP) is 4.87. The van der Waals surface area contributed by atoms with Crippen LogP contribution in [0.3, 0.4) is 0 Å². The number of nitrogens with zero attached hydrogens (tertiary/aromatic N) is 2. The summed E-state index contributed by atoms with van der Waals surface area (Å²) in [7, 11) is 0. The van der Waals surface area contributed by atoms with Crippen LogP contribution in [-0.2, 0) is 0 Å². The lowest BCUT2D eigenvalue weighted by molar-refractivity contribution is 0.101. The maximum atomic E-state index is 11.4. The topological polar surface area (TPSA) is 66.9 Å². The number of Topliss-reactive ketones (excluding diaryl/α,β-unsaturated/α-hetero) is 1. The molecule has 0 atom stereocenters. The Hall–Kier alpha value is -2.43. The van der Waals surface area contributed by atoms with E-state index in [0.717, 1.165) is 17.2 Å². The van der Waals surface area contributed by atoms with Crippen LogP contribution >= 0.6 is 0 Å². The molecular formula is C20H26N4O. The Morgan fingerprint density at radius 1 is 1.04 bits per heavy atom. The Bertz CT molecular complexity index is 719. The van der Waals surface area contributed by atoms with Gasteiger partial charge in [-0.1, -0.05) is 25.7 Å². The maximum Gasteiger partial charge on any atom is 0.225 e. The van der Waals surface area contributed by atoms with Gasteiger partial charge in [0, 0.05) is 29.1 Å². The van der Waals surface area contributed by atoms with Crippen LogP contribution < -0.4 is 10.6 Å². The molecule has 1 aromatic carbocycles. The molecule has 0 saturated heterocycles. The van der Waals surface area contributed by atoms with Crippen molar-refractivity contribution in [1.29, 1.82) is 0 Å². The van der Waals surface area contributed by atoms with E-state index in [2.05, 4.69) is 20.6 Å². The lowest BCUT2D eigenvalue weighted by Crippen LogP contribution is -2.20. The molecule has 0 unspecified atom stereocenters. The highest BCUT2D eigenvalue weighted by Gasteiger charge is 2.13. The van der Waals surface area contributed by atoms with E-state index in [1.165, 1.54) is 38.5 Å². The van der Waals surface area contributed by atoms with E-state index in [-0.39, 0.29) is 5.78 Å². The van der Waals surface area contributed by atoms with E-state index in [1.807, 2.05) is 37.3 Å². The smallest absolute Gasteiger partial charge is 0.225 e. The largest absolute Gasteiger partial charge is 0.351 e. The molecule has 1 aliphatic rings. The number of nitrogens with one attached hydrogen (secondary N) is 2. The summed E-state index contributed by atoms with van der Waals surface area (Å²) in [5, 5.41) is 6.80. The minimum absolute atomic E-state index is 0.0688. The molecule has 5 heteroatoms. The number of rotatable bonds is 5. The Balaban J connectivity index is 1.71. The van der Waals surface area contributed by atoms with E-state index in [9.17, 15) is 4.79 Å². The molecule has 1 aliphatic carbocycles. The second-order valence-corrected chi connectivity index (χ2v) is 6.81. The first-order valence-corrected chi connectivity index (χ1v) is 9.10. The number of ketones is 1. The van der Waals surface area contributed by atoms with E-state index >= 15 is 0 Å². The van der Waals surface area contributed by atoms with Crippen molar-refractivity contribution in [3.63, 3.8) is 0 Å². The van der Waals surface area contributed by atoms with Crippen molar-refractivity contribution >= 4 is 23.2 Å². The van der Waals surface area contributed by atoms with Crippen LogP contribution in [0.25, 0.3) is 0 Å². The minimum Gasteiger partial charge on any atom is -0.351 e. The third kappa shape index (κ3) is 5.02. The van der Waals surface area contributed by atoms with Gasteiger partial charge in [-0.05, 0) is 51.0 Å². The molecule has 1 saturated carbocycles. The van der Waals surface area contributed by atoms with Gasteiger partial charge in [0.25, 0.3) is 0 Å². The Morgan fingerprint density at radius 2 is 1.72 bits per heavy atom. The summed E-state index contributed by atoms with van der Waals surface area (Å²) >= 11 is 0. The van der Waals surface area contributed by atoms with Crippen molar-refractivity contribution < 1.29 is 4.79 Å². The average Bonchev–Trinajstić information content (AvgIpc) is 2.83. The van der Waals surface area contributed by atoms with Crippen molar-refractivity contribution in [1.82, 2.24) is 9.97 Å². The summed E-state index contributed by atoms with van der Waals surface area (Å²) < 4.78 is 0. The highest BCUT2D eigenvalue weighted by Crippen LogP contribution is 2.22. The fourth-order valence-corrected chi connectivity index (χ4v) is 3.24. The summed E-state index contributed by atoms with van der Waals surface area (Å²) in [5.41, 5.74) is 2.54. The third-order valence-electron chi connectivity index (χ3n) is 4.61. The zero-order chi connectivity index (χ0) is 17.6. The molecule has 0 bridgehead atoms. The lowest BCUT2D eigenvalue weighted by Gasteiger charge is -2.17. The Labute approximate surface area is 149 Å². The van der Waals surface area contributed by atoms with Crippen LogP contribution in [0.4, 0.5) is 17.5 Å². The number of aryl methyl sites for hydroxylation is 1. The molecule has 132 valence electrons. The van der Waals surface area contributed by atoms with Gasteiger partial charge in [0.05, 0.1) is 0 Å². The fraction of sp³-hybridized carbons (Fsp3) is 0.450. The molecule has 2 aromatic rings. The molecule has 2 N–H and O–H groups in total. The third-order valence-corrected chi connectivity index (χ3v) is 4.61. The summed E-state index contributed by atoms with van der Waals surface area (Å²) in [5.74, 6) is 1.52. The van der Waals surface area contributed by atoms with Crippen LogP contribution in [-0.4, -0.2) is 21.8 Å². The monoisotopic (exact) mass is 338 g/mol. The van der Waals surface area contributed by atoms with Crippen LogP contribution in [0, 0.1) is 6.92 Å². The molecular weight excluding hydrogens is 312 g/mol. The highest BCUT2D eigenvalue weighted by atomic mass is 16.1. The molecule has 3 rings (SSSR count). The van der Waals surface area contributed by atoms with E-state index < -0.39 is 0 Å². The molecule has 1 heterocycles. The number of carbonyl (C=O) groups excluding carboxylic acids is 1. The van der Waals surface area contributed by atoms with Crippen molar-refractivity contribution in [3.05, 3.63) is 41.6 Å². The first kappa shape index (κ1) is 17.4. The van der Waals surface area contributed by atoms with Gasteiger partial charge in [-0.3, -0.25) is 4.79 Å². The Kier molecular flexibility index (Phi) is 5.64. The minimum atomic E-state index is 0.0688. The second-order valence-electron chi connectivity index (χ2n) is 6.81. The number of anilines is 3. The highest BCUT2D eigenvalue weighted by molar-refractivity contribution is 5.94. The lowest BCUT2D eigenvalue weighted by atomic mass is 10.1. The molecule has 25 heavy (non-hydrogen) atoms. The second kappa shape index (κ2) is 8.10. The predicted molar refractivity (Wildman–Crippen MR) is 102 cm³/mol. The first-order chi connectivity index (χ1) is 12.1. The summed E-state index contributed by atoms with van der Waals surface area (Å²) in [6.07, 6.45) is 7.58. The Morgan fingerprint density at radius 3 is 2.36 bits per heavy atom. The summed E-state index contributed by atoms with van der Waals surface area (Å²) in [6.45, 7) is 3.55. The van der Waals surface area contributed by atoms with Crippen molar-refractivity contribution in [2.75, 3.05) is 10.6 Å². The normalized spacial score (nSPS) is 15.4. The van der Waals surface area contributed by atoms with Gasteiger partial charge in [0.15, 0.2) is 5.78 Å². The molecule has 1 fully saturated rings. The van der Waals surface area contributed by atoms with Crippen molar-refractivity contribution in [3.8, 4) is 0 Å². The standard InChI is InChI=1S/C20H26N4O/c1-14-13-19(22-18-11-9-16(10-12-18)15(2)25)24-20(21-14)23-17-7-5-3-4-6-8-17/h9-13,17H,3-8H2,1-2H3,(H2,21,22,23,24). The van der Waals surface area contributed by atoms with Gasteiger partial charge in [-0.2, -0.15) is 4.98 Å². The number of hydrogen-bond acceptors (Lipinski definition) is 5. The van der Waals surface area contributed by atoms with Crippen LogP contribution in [0.1, 0.15) is 61.5 Å². The van der Waals surface area contributed by atoms with Crippen molar-refractivity contribution in [2.24, 2.45) is 0 Å². The zero-order valence-electron chi connectivity index (χ0n) is 15.0. The molecule has 0 amide bonds. The first-order valence-electron chi connectivity index (χ1n) is 9.10. The number of benzene rings is 1.